The molecule has 0 fully saturated rings. The molecule has 0 aliphatic carbocycles. The second-order valence-electron chi connectivity index (χ2n) is 7.81. The fraction of sp³-hybridized carbons (Fsp3) is 0.0741. The minimum Gasteiger partial charge on any atom is -0.454 e. The normalized spacial score (nSPS) is 13.4. The van der Waals surface area contributed by atoms with Crippen LogP contribution < -0.4 is 24.2 Å². The fourth-order valence-corrected chi connectivity index (χ4v) is 4.86. The van der Waals surface area contributed by atoms with Gasteiger partial charge in [0.1, 0.15) is 27.9 Å². The molecule has 0 amide bonds. The number of benzene rings is 3. The molecule has 36 heavy (non-hydrogen) atoms. The van der Waals surface area contributed by atoms with E-state index < -0.39 is 23.0 Å². The van der Waals surface area contributed by atoms with E-state index in [0.29, 0.717) is 17.1 Å². The molecule has 6 nitrogen and oxygen atoms in total. The third-order valence-corrected chi connectivity index (χ3v) is 6.68. The maximum atomic E-state index is 14.3. The van der Waals surface area contributed by atoms with Gasteiger partial charge in [-0.3, -0.25) is 14.2 Å². The van der Waals surface area contributed by atoms with E-state index in [1.165, 1.54) is 10.6 Å². The number of nitrogens with zero attached hydrogens (tertiary/aromatic N) is 2. The summed E-state index contributed by atoms with van der Waals surface area (Å²) >= 11 is 0.824. The number of hydrogen-bond acceptors (Lipinski definition) is 6. The van der Waals surface area contributed by atoms with Crippen molar-refractivity contribution in [2.24, 2.45) is 0 Å². The minimum absolute atomic E-state index is 0.0118. The summed E-state index contributed by atoms with van der Waals surface area (Å²) in [4.78, 5) is 26.6. The van der Waals surface area contributed by atoms with Gasteiger partial charge in [-0.1, -0.05) is 42.5 Å². The van der Waals surface area contributed by atoms with Gasteiger partial charge in [-0.05, 0) is 35.9 Å². The third-order valence-electron chi connectivity index (χ3n) is 5.55. The molecule has 0 saturated carbocycles. The van der Waals surface area contributed by atoms with Gasteiger partial charge in [0.2, 0.25) is 12.6 Å². The number of ether oxygens (including phenoxy) is 2. The van der Waals surface area contributed by atoms with Crippen molar-refractivity contribution in [2.45, 2.75) is 6.54 Å². The summed E-state index contributed by atoms with van der Waals surface area (Å²) in [7, 11) is 0. The summed E-state index contributed by atoms with van der Waals surface area (Å²) in [5, 5.41) is 9.92. The molecule has 0 unspecified atom stereocenters. The zero-order valence-corrected chi connectivity index (χ0v) is 19.4. The van der Waals surface area contributed by atoms with Crippen molar-refractivity contribution in [2.75, 3.05) is 6.79 Å². The second-order valence-corrected chi connectivity index (χ2v) is 8.84. The van der Waals surface area contributed by atoms with Gasteiger partial charge in [0, 0.05) is 11.1 Å². The van der Waals surface area contributed by atoms with Crippen LogP contribution in [0.1, 0.15) is 21.5 Å². The van der Waals surface area contributed by atoms with Crippen molar-refractivity contribution in [3.63, 3.8) is 0 Å². The Balaban J connectivity index is 1.75. The molecule has 0 saturated heterocycles. The lowest BCUT2D eigenvalue weighted by molar-refractivity contribution is 0.105. The summed E-state index contributed by atoms with van der Waals surface area (Å²) < 4.78 is 40.7. The number of aromatic nitrogens is 1. The van der Waals surface area contributed by atoms with E-state index in [0.717, 1.165) is 29.5 Å². The van der Waals surface area contributed by atoms with Gasteiger partial charge >= 0.3 is 0 Å². The average molecular weight is 502 g/mol. The SMILES string of the molecule is N#C/C(C(=O)c1ccccc1)=c1/s/c(=C\c2c(F)cccc2F)c(=O)n1Cc1ccc2c(c1)OCO2. The first-order valence-corrected chi connectivity index (χ1v) is 11.6. The largest absolute Gasteiger partial charge is 0.454 e. The zero-order valence-electron chi connectivity index (χ0n) is 18.5. The monoisotopic (exact) mass is 502 g/mol. The zero-order chi connectivity index (χ0) is 25.2. The van der Waals surface area contributed by atoms with E-state index in [4.69, 9.17) is 9.47 Å². The smallest absolute Gasteiger partial charge is 0.269 e. The average Bonchev–Trinajstić information content (AvgIpc) is 3.47. The molecule has 178 valence electrons. The van der Waals surface area contributed by atoms with Crippen LogP contribution in [0.5, 0.6) is 11.5 Å². The van der Waals surface area contributed by atoms with Gasteiger partial charge in [0.25, 0.3) is 5.56 Å². The summed E-state index contributed by atoms with van der Waals surface area (Å²) in [5.74, 6) is -1.18. The highest BCUT2D eigenvalue weighted by molar-refractivity contribution is 7.07. The molecule has 0 atom stereocenters. The van der Waals surface area contributed by atoms with Crippen LogP contribution in [0, 0.1) is 23.0 Å². The van der Waals surface area contributed by atoms with E-state index in [2.05, 4.69) is 0 Å². The van der Waals surface area contributed by atoms with Gasteiger partial charge in [-0.25, -0.2) is 8.78 Å². The Hall–Kier alpha value is -4.55. The van der Waals surface area contributed by atoms with Crippen LogP contribution in [0.4, 0.5) is 8.78 Å². The summed E-state index contributed by atoms with van der Waals surface area (Å²) in [6, 6.07) is 18.6. The predicted molar refractivity (Wildman–Crippen MR) is 129 cm³/mol. The lowest BCUT2D eigenvalue weighted by atomic mass is 10.1. The van der Waals surface area contributed by atoms with E-state index in [9.17, 15) is 23.6 Å². The van der Waals surface area contributed by atoms with Crippen molar-refractivity contribution in [3.8, 4) is 17.6 Å². The first kappa shape index (κ1) is 23.2. The third kappa shape index (κ3) is 4.30. The first-order valence-electron chi connectivity index (χ1n) is 10.7. The number of Topliss-reactive ketones (excluding diaryl/α,β-unsaturated/α-hetero) is 1. The van der Waals surface area contributed by atoms with Gasteiger partial charge in [-0.2, -0.15) is 5.26 Å². The lowest BCUT2D eigenvalue weighted by Gasteiger charge is -2.06. The van der Waals surface area contributed by atoms with Crippen molar-refractivity contribution < 1.29 is 23.0 Å². The Kier molecular flexibility index (Phi) is 6.19. The number of nitriles is 1. The maximum absolute atomic E-state index is 14.3. The molecule has 1 aliphatic rings. The van der Waals surface area contributed by atoms with Crippen LogP contribution in [0.25, 0.3) is 11.6 Å². The topological polar surface area (TPSA) is 81.3 Å². The predicted octanol–water partition coefficient (Wildman–Crippen LogP) is 3.35. The second kappa shape index (κ2) is 9.60. The molecule has 3 aromatic carbocycles. The van der Waals surface area contributed by atoms with E-state index >= 15 is 0 Å². The standard InChI is InChI=1S/C27H16F2N2O4S/c28-20-7-4-8-21(29)18(20)12-24-26(33)31(14-16-9-10-22-23(11-16)35-15-34-22)27(36-24)19(13-30)25(32)17-5-2-1-3-6-17/h1-12H,14-15H2/b24-12-,27-19-. The van der Waals surface area contributed by atoms with Gasteiger partial charge in [0.05, 0.1) is 11.1 Å². The van der Waals surface area contributed by atoms with Crippen molar-refractivity contribution in [3.05, 3.63) is 115 Å². The number of rotatable bonds is 5. The number of hydrogen-bond donors (Lipinski definition) is 0. The Bertz CT molecular complexity index is 1700. The van der Waals surface area contributed by atoms with E-state index in [-0.39, 0.29) is 39.2 Å². The summed E-state index contributed by atoms with van der Waals surface area (Å²) in [6.07, 6.45) is 1.10. The van der Waals surface area contributed by atoms with Crippen molar-refractivity contribution in [1.29, 1.82) is 5.26 Å². The Morgan fingerprint density at radius 2 is 1.75 bits per heavy atom. The van der Waals surface area contributed by atoms with Crippen LogP contribution in [0.3, 0.4) is 0 Å². The number of halogens is 2. The number of carbonyl (C=O) groups is 1. The van der Waals surface area contributed by atoms with Gasteiger partial charge < -0.3 is 9.47 Å². The maximum Gasteiger partial charge on any atom is 0.269 e. The summed E-state index contributed by atoms with van der Waals surface area (Å²) in [5.41, 5.74) is -0.309. The Labute approximate surface area is 207 Å². The molecule has 5 rings (SSSR count). The van der Waals surface area contributed by atoms with Crippen molar-refractivity contribution >= 4 is 28.8 Å². The molecule has 0 N–H and O–H groups in total. The highest BCUT2D eigenvalue weighted by Crippen LogP contribution is 2.32. The van der Waals surface area contributed by atoms with E-state index in [1.54, 1.807) is 48.5 Å². The molecule has 4 aromatic rings. The molecular formula is C27H16F2N2O4S. The van der Waals surface area contributed by atoms with Crippen LogP contribution in [-0.4, -0.2) is 17.1 Å². The van der Waals surface area contributed by atoms with E-state index in [1.807, 2.05) is 6.07 Å². The highest BCUT2D eigenvalue weighted by Gasteiger charge is 2.19. The molecular weight excluding hydrogens is 486 g/mol. The fourth-order valence-electron chi connectivity index (χ4n) is 3.78. The highest BCUT2D eigenvalue weighted by atomic mass is 32.1. The number of fused-ring (bicyclic) bond motifs is 1. The minimum atomic E-state index is -0.837. The molecule has 2 heterocycles. The van der Waals surface area contributed by atoms with Gasteiger partial charge in [0.15, 0.2) is 11.5 Å². The van der Waals surface area contributed by atoms with Crippen LogP contribution in [0.2, 0.25) is 0 Å². The molecule has 1 aromatic heterocycles. The van der Waals surface area contributed by atoms with Crippen LogP contribution in [-0.2, 0) is 6.54 Å². The van der Waals surface area contributed by atoms with Crippen LogP contribution >= 0.6 is 11.3 Å². The first-order chi connectivity index (χ1) is 17.5. The Morgan fingerprint density at radius 1 is 1.03 bits per heavy atom. The quantitative estimate of drug-likeness (QED) is 0.391. The molecule has 0 bridgehead atoms. The number of thiazole rings is 1. The Morgan fingerprint density at radius 3 is 2.47 bits per heavy atom. The van der Waals surface area contributed by atoms with Gasteiger partial charge in [-0.15, -0.1) is 11.3 Å². The van der Waals surface area contributed by atoms with Crippen molar-refractivity contribution in [1.82, 2.24) is 4.57 Å². The number of ketones is 1. The molecule has 9 heteroatoms. The molecule has 0 spiro atoms. The lowest BCUT2D eigenvalue weighted by Crippen LogP contribution is -2.33. The summed E-state index contributed by atoms with van der Waals surface area (Å²) in [6.45, 7) is 0.0653. The number of carbonyl (C=O) groups excluding carboxylic acids is 1. The molecule has 0 radical (unpaired) electrons. The van der Waals surface area contributed by atoms with Crippen LogP contribution in [0.15, 0.2) is 71.5 Å². The molecule has 1 aliphatic heterocycles.